The Morgan fingerprint density at radius 2 is 0.333 bits per heavy atom. The third-order valence-electron chi connectivity index (χ3n) is 8.44. The van der Waals surface area contributed by atoms with Crippen LogP contribution < -0.4 is 0 Å². The first-order valence-electron chi connectivity index (χ1n) is 13.7. The summed E-state index contributed by atoms with van der Waals surface area (Å²) in [6.07, 6.45) is -23.5. The van der Waals surface area contributed by atoms with Gasteiger partial charge in [-0.2, -0.15) is 0 Å². The first kappa shape index (κ1) is 44.7. The quantitative estimate of drug-likeness (QED) is 0.170. The molecule has 0 unspecified atom stereocenters. The summed E-state index contributed by atoms with van der Waals surface area (Å²) >= 11 is 0. The Hall–Kier alpha value is 2.73. The van der Waals surface area contributed by atoms with Crippen molar-refractivity contribution in [2.24, 2.45) is 0 Å². The molecule has 0 aliphatic carbocycles. The van der Waals surface area contributed by atoms with Crippen LogP contribution in [-0.2, 0) is 0 Å². The lowest BCUT2D eigenvalue weighted by atomic mass is 8.27. The minimum Gasteiger partial charge on any atom is -0.687 e. The van der Waals surface area contributed by atoms with E-state index in [2.05, 4.69) is 0 Å². The van der Waals surface area contributed by atoms with E-state index in [1.807, 2.05) is 0 Å². The molecule has 0 nitrogen and oxygen atoms in total. The average molecular weight is 454 g/mol. The topological polar surface area (TPSA) is 0 Å². The van der Waals surface area contributed by atoms with Crippen molar-refractivity contribution in [3.05, 3.63) is 0 Å². The van der Waals surface area contributed by atoms with Crippen molar-refractivity contribution >= 4 is 298 Å². The standard InChI is InChI=1S/B42/c1-23(2)34(24(3)4)39(33(21)22)42(40(35(25(5)6)26(7)8)36(27(9)10)28(11)12)41(37(29(13)14)30(15)16)38(31(17)18)32(19)20/q-1. The second-order valence-corrected chi connectivity index (χ2v) is 11.5. The van der Waals surface area contributed by atoms with Crippen molar-refractivity contribution in [3.63, 3.8) is 0 Å². The number of hydrogen-bond donors (Lipinski definition) is 0. The van der Waals surface area contributed by atoms with Gasteiger partial charge < -0.3 is 7.74 Å². The molecule has 127 valence electrons. The molecule has 0 bridgehead atoms. The Balaban J connectivity index is 8.59. The molecular formula is B42-. The fourth-order valence-electron chi connectivity index (χ4n) is 6.93. The highest BCUT2D eigenvalue weighted by Gasteiger charge is 2.57. The summed E-state index contributed by atoms with van der Waals surface area (Å²) in [6, 6.07) is 0. The van der Waals surface area contributed by atoms with Gasteiger partial charge in [-0.15, -0.1) is 0 Å². The molecule has 0 saturated carbocycles. The van der Waals surface area contributed by atoms with Crippen LogP contribution in [0.1, 0.15) is 0 Å². The molecule has 45 radical (unpaired) electrons. The van der Waals surface area contributed by atoms with Crippen LogP contribution in [0.4, 0.5) is 0 Å². The minimum atomic E-state index is -1.30. The van der Waals surface area contributed by atoms with Crippen LogP contribution in [0, 0.1) is 0 Å². The third kappa shape index (κ3) is 12.0. The summed E-state index contributed by atoms with van der Waals surface area (Å²) in [7, 11) is 138. The normalized spacial score (nSPS) is 9.64. The Morgan fingerprint density at radius 1 is 0.190 bits per heavy atom. The maximum absolute atomic E-state index is 6.45. The molecule has 0 heterocycles. The van der Waals surface area contributed by atoms with E-state index < -0.39 is 128 Å². The fourth-order valence-corrected chi connectivity index (χ4v) is 6.93. The van der Waals surface area contributed by atoms with Gasteiger partial charge in [0.25, 0.3) is 0 Å². The molecule has 42 heavy (non-hydrogen) atoms. The first-order chi connectivity index (χ1) is 19.0. The molecular weight excluding hydrogens is 454 g/mol. The molecule has 0 amide bonds. The van der Waals surface area contributed by atoms with Gasteiger partial charge in [-0.25, -0.2) is 6.39 Å². The lowest BCUT2D eigenvalue weighted by Gasteiger charge is -2.56. The van der Waals surface area contributed by atoms with Crippen LogP contribution in [0.2, 0.25) is 0 Å². The predicted molar refractivity (Wildman–Crippen MR) is 242 cm³/mol. The van der Waals surface area contributed by atoms with Crippen molar-refractivity contribution in [2.75, 3.05) is 0 Å². The Bertz CT molecular complexity index is 563. The Kier molecular flexibility index (Phi) is 21.6. The third-order valence-corrected chi connectivity index (χ3v) is 8.44. The van der Waals surface area contributed by atoms with Gasteiger partial charge in [-0.1, -0.05) is 0 Å². The Labute approximate surface area is 295 Å². The maximum atomic E-state index is 6.45. The SMILES string of the molecule is [B]B([B])B(B([B])[B])B(B(B([B])[B])B([B])[B])B(B(B([B])[B])B(B([B])[B])B([B])[B-])B(B(B([B])[B])B([B])[B])B(B([B])[B])B([B])[B]. The van der Waals surface area contributed by atoms with E-state index >= 15 is 0 Å². The molecule has 0 aromatic heterocycles. The van der Waals surface area contributed by atoms with Crippen molar-refractivity contribution in [1.82, 2.24) is 0 Å². The largest absolute Gasteiger partial charge is 0.687 e. The minimum absolute atomic E-state index is 1.06. The molecule has 0 N–H and O–H groups in total. The van der Waals surface area contributed by atoms with Gasteiger partial charge >= 0.3 is 0 Å². The zero-order chi connectivity index (χ0) is 33.5. The summed E-state index contributed by atoms with van der Waals surface area (Å²) in [5.74, 6) is 0. The predicted octanol–water partition coefficient (Wildman–Crippen LogP) is -16.0. The monoisotopic (exact) mass is 462 g/mol. The first-order valence-corrected chi connectivity index (χ1v) is 13.7. The highest BCUT2D eigenvalue weighted by atomic mass is 13.4. The number of rotatable bonds is 19. The summed E-state index contributed by atoms with van der Waals surface area (Å²) in [6.45, 7) is 0. The summed E-state index contributed by atoms with van der Waals surface area (Å²) < 4.78 is 0. The van der Waals surface area contributed by atoms with Gasteiger partial charge in [0, 0.05) is 0 Å². The van der Waals surface area contributed by atoms with Crippen LogP contribution in [0.25, 0.3) is 0 Å². The summed E-state index contributed by atoms with van der Waals surface area (Å²) in [4.78, 5) is 0. The second-order valence-electron chi connectivity index (χ2n) is 11.5. The van der Waals surface area contributed by atoms with Crippen LogP contribution in [0.15, 0.2) is 0 Å². The zero-order valence-corrected chi connectivity index (χ0v) is 24.2. The molecule has 42 heteroatoms. The van der Waals surface area contributed by atoms with Crippen molar-refractivity contribution in [2.45, 2.75) is 0 Å². The van der Waals surface area contributed by atoms with Gasteiger partial charge in [0.15, 0.2) is 0 Å². The van der Waals surface area contributed by atoms with Gasteiger partial charge in [-0.05, 0) is 284 Å². The van der Waals surface area contributed by atoms with Crippen molar-refractivity contribution in [1.29, 1.82) is 0 Å². The molecule has 0 aliphatic rings. The van der Waals surface area contributed by atoms with Crippen LogP contribution in [0.5, 0.6) is 0 Å². The van der Waals surface area contributed by atoms with E-state index in [1.54, 1.807) is 0 Å². The summed E-state index contributed by atoms with van der Waals surface area (Å²) in [5.41, 5.74) is 0. The molecule has 0 atom stereocenters. The second kappa shape index (κ2) is 20.3. The number of hydrogen-bond acceptors (Lipinski definition) is 0. The van der Waals surface area contributed by atoms with Gasteiger partial charge in [-0.3, -0.25) is 0 Å². The molecule has 0 aliphatic heterocycles. The van der Waals surface area contributed by atoms with Gasteiger partial charge in [0.05, 0.1) is 0 Å². The lowest BCUT2D eigenvalue weighted by molar-refractivity contribution is 3.21. The van der Waals surface area contributed by atoms with Crippen molar-refractivity contribution < 1.29 is 0 Å². The van der Waals surface area contributed by atoms with Crippen LogP contribution in [0.3, 0.4) is 0 Å². The maximum Gasteiger partial charge on any atom is -0.0000000000000853 e. The van der Waals surface area contributed by atoms with E-state index in [1.165, 1.54) is 0 Å². The smallest absolute Gasteiger partial charge is 0.0000000000000853 e. The van der Waals surface area contributed by atoms with Crippen LogP contribution >= 0.6 is 0 Å². The van der Waals surface area contributed by atoms with Crippen molar-refractivity contribution in [3.8, 4) is 0 Å². The van der Waals surface area contributed by atoms with Gasteiger partial charge in [0.2, 0.25) is 0 Å². The fraction of sp³-hybridized carbons (Fsp3) is 0. The highest BCUT2D eigenvalue weighted by molar-refractivity contribution is 8.33. The highest BCUT2D eigenvalue weighted by Crippen LogP contribution is 2.19. The van der Waals surface area contributed by atoms with Gasteiger partial charge in [0.1, 0.15) is 0 Å². The van der Waals surface area contributed by atoms with E-state index in [0.29, 0.717) is 0 Å². The molecule has 0 fully saturated rings. The van der Waals surface area contributed by atoms with E-state index in [0.717, 1.165) is 0 Å². The molecule has 0 rings (SSSR count). The van der Waals surface area contributed by atoms with E-state index in [9.17, 15) is 0 Å². The van der Waals surface area contributed by atoms with E-state index in [4.69, 9.17) is 170 Å². The Morgan fingerprint density at radius 3 is 0.452 bits per heavy atom. The molecule has 0 saturated heterocycles. The average Bonchev–Trinajstić information content (AvgIpc) is 2.75. The molecule has 0 aromatic rings. The zero-order valence-electron chi connectivity index (χ0n) is 24.2. The lowest BCUT2D eigenvalue weighted by Crippen LogP contribution is -2.93. The molecule has 0 aromatic carbocycles. The van der Waals surface area contributed by atoms with E-state index in [-0.39, 0.29) is 0 Å². The summed E-state index contributed by atoms with van der Waals surface area (Å²) in [5, 5.41) is 0. The van der Waals surface area contributed by atoms with Crippen LogP contribution in [-0.4, -0.2) is 298 Å². The molecule has 0 spiro atoms.